The number of hydrogen-bond acceptors (Lipinski definition) is 6. The van der Waals surface area contributed by atoms with E-state index in [-0.39, 0.29) is 11.1 Å². The molecule has 4 N–H and O–H groups in total. The number of nitrogens with two attached hydrogens (primary N) is 2. The molecule has 0 saturated heterocycles. The first kappa shape index (κ1) is 14.4. The van der Waals surface area contributed by atoms with E-state index in [1.807, 2.05) is 0 Å². The van der Waals surface area contributed by atoms with Gasteiger partial charge in [-0.3, -0.25) is 4.99 Å². The van der Waals surface area contributed by atoms with Gasteiger partial charge in [0, 0.05) is 11.5 Å². The molecule has 3 rings (SSSR count). The van der Waals surface area contributed by atoms with E-state index in [4.69, 9.17) is 16.2 Å². The van der Waals surface area contributed by atoms with E-state index in [0.717, 1.165) is 11.8 Å². The van der Waals surface area contributed by atoms with Crippen LogP contribution in [0.25, 0.3) is 0 Å². The molecule has 2 aliphatic rings. The fourth-order valence-electron chi connectivity index (χ4n) is 3.10. The normalized spacial score (nSPS) is 34.3. The molecule has 0 radical (unpaired) electrons. The lowest BCUT2D eigenvalue weighted by Gasteiger charge is -2.34. The minimum atomic E-state index is -2.46. The quantitative estimate of drug-likeness (QED) is 0.891. The molecule has 0 aromatic carbocycles. The van der Waals surface area contributed by atoms with Gasteiger partial charge in [0.25, 0.3) is 6.43 Å². The van der Waals surface area contributed by atoms with Crippen LogP contribution in [0.5, 0.6) is 5.88 Å². The summed E-state index contributed by atoms with van der Waals surface area (Å²) in [7, 11) is 1.48. The van der Waals surface area contributed by atoms with Crippen LogP contribution in [0.15, 0.2) is 17.3 Å². The molecule has 5 nitrogen and oxygen atoms in total. The number of aliphatic imine (C=N–C) groups is 1. The molecule has 21 heavy (non-hydrogen) atoms. The van der Waals surface area contributed by atoms with Gasteiger partial charge in [0.1, 0.15) is 0 Å². The Hall–Kier alpha value is -1.57. The van der Waals surface area contributed by atoms with Crippen molar-refractivity contribution in [3.05, 3.63) is 17.8 Å². The van der Waals surface area contributed by atoms with Crippen molar-refractivity contribution in [1.29, 1.82) is 0 Å². The van der Waals surface area contributed by atoms with E-state index in [0.29, 0.717) is 23.6 Å². The first-order chi connectivity index (χ1) is 9.83. The molecule has 1 aliphatic heterocycles. The second kappa shape index (κ2) is 4.46. The zero-order valence-corrected chi connectivity index (χ0v) is 12.5. The van der Waals surface area contributed by atoms with Crippen LogP contribution >= 0.6 is 11.8 Å². The Balaban J connectivity index is 2.13. The van der Waals surface area contributed by atoms with E-state index >= 15 is 0 Å². The molecule has 1 aromatic rings. The van der Waals surface area contributed by atoms with Crippen molar-refractivity contribution in [2.24, 2.45) is 16.6 Å². The van der Waals surface area contributed by atoms with Gasteiger partial charge in [0.05, 0.1) is 29.3 Å². The SMILES string of the molecule is COc1ncc(N)cc1[C@@]1(C)N=C(N)S[C@@]2(C(F)F)CC21. The summed E-state index contributed by atoms with van der Waals surface area (Å²) in [6.45, 7) is 1.79. The number of hydrogen-bond donors (Lipinski definition) is 2. The van der Waals surface area contributed by atoms with Gasteiger partial charge in [-0.05, 0) is 19.4 Å². The molecule has 2 heterocycles. The lowest BCUT2D eigenvalue weighted by molar-refractivity contribution is 0.124. The van der Waals surface area contributed by atoms with E-state index < -0.39 is 16.7 Å². The van der Waals surface area contributed by atoms with Gasteiger partial charge in [-0.1, -0.05) is 11.8 Å². The van der Waals surface area contributed by atoms with Gasteiger partial charge in [0.15, 0.2) is 5.17 Å². The van der Waals surface area contributed by atoms with Crippen LogP contribution < -0.4 is 16.2 Å². The van der Waals surface area contributed by atoms with Gasteiger partial charge in [0.2, 0.25) is 5.88 Å². The summed E-state index contributed by atoms with van der Waals surface area (Å²) < 4.78 is 31.0. The highest BCUT2D eigenvalue weighted by molar-refractivity contribution is 8.15. The van der Waals surface area contributed by atoms with Crippen LogP contribution in [-0.2, 0) is 5.54 Å². The lowest BCUT2D eigenvalue weighted by Crippen LogP contribution is -2.38. The van der Waals surface area contributed by atoms with Crippen LogP contribution in [-0.4, -0.2) is 28.4 Å². The van der Waals surface area contributed by atoms with Crippen LogP contribution in [0.4, 0.5) is 14.5 Å². The number of amidine groups is 1. The number of alkyl halides is 2. The summed E-state index contributed by atoms with van der Waals surface area (Å²) in [6.07, 6.45) is -0.640. The topological polar surface area (TPSA) is 86.5 Å². The summed E-state index contributed by atoms with van der Waals surface area (Å²) in [6, 6.07) is 1.67. The number of rotatable bonds is 3. The number of pyridine rings is 1. The molecule has 0 amide bonds. The molecule has 1 aromatic heterocycles. The number of aromatic nitrogens is 1. The number of anilines is 1. The van der Waals surface area contributed by atoms with Gasteiger partial charge >= 0.3 is 0 Å². The zero-order valence-electron chi connectivity index (χ0n) is 11.6. The monoisotopic (exact) mass is 314 g/mol. The third kappa shape index (κ3) is 1.96. The summed E-state index contributed by atoms with van der Waals surface area (Å²) in [5.41, 5.74) is 11.7. The second-order valence-electron chi connectivity index (χ2n) is 5.54. The number of halogens is 2. The average Bonchev–Trinajstić information content (AvgIpc) is 3.15. The predicted octanol–water partition coefficient (Wildman–Crippen LogP) is 1.97. The Morgan fingerprint density at radius 1 is 1.48 bits per heavy atom. The molecule has 1 fully saturated rings. The van der Waals surface area contributed by atoms with E-state index in [1.165, 1.54) is 13.3 Å². The van der Waals surface area contributed by atoms with Crippen LogP contribution in [0, 0.1) is 5.92 Å². The molecule has 1 saturated carbocycles. The molecule has 0 bridgehead atoms. The van der Waals surface area contributed by atoms with Gasteiger partial charge in [-0.15, -0.1) is 0 Å². The van der Waals surface area contributed by atoms with Crippen molar-refractivity contribution < 1.29 is 13.5 Å². The van der Waals surface area contributed by atoms with Crippen molar-refractivity contribution in [1.82, 2.24) is 4.98 Å². The minimum absolute atomic E-state index is 0.163. The lowest BCUT2D eigenvalue weighted by atomic mass is 9.86. The molecular weight excluding hydrogens is 298 g/mol. The van der Waals surface area contributed by atoms with Crippen molar-refractivity contribution in [2.45, 2.75) is 30.1 Å². The molecule has 3 atom stereocenters. The predicted molar refractivity (Wildman–Crippen MR) is 78.6 cm³/mol. The van der Waals surface area contributed by atoms with E-state index in [9.17, 15) is 8.78 Å². The molecule has 114 valence electrons. The number of nitrogens with zero attached hydrogens (tertiary/aromatic N) is 2. The van der Waals surface area contributed by atoms with Crippen molar-refractivity contribution in [3.63, 3.8) is 0 Å². The fraction of sp³-hybridized carbons (Fsp3) is 0.538. The molecule has 1 unspecified atom stereocenters. The number of nitrogen functional groups attached to an aromatic ring is 1. The van der Waals surface area contributed by atoms with Crippen molar-refractivity contribution >= 4 is 22.6 Å². The third-order valence-corrected chi connectivity index (χ3v) is 5.56. The Labute approximate surface area is 125 Å². The van der Waals surface area contributed by atoms with Gasteiger partial charge < -0.3 is 16.2 Å². The maximum absolute atomic E-state index is 13.4. The average molecular weight is 314 g/mol. The molecule has 8 heteroatoms. The van der Waals surface area contributed by atoms with E-state index in [1.54, 1.807) is 13.0 Å². The molecule has 0 spiro atoms. The summed E-state index contributed by atoms with van der Waals surface area (Å²) >= 11 is 0.971. The maximum atomic E-state index is 13.4. The first-order valence-electron chi connectivity index (χ1n) is 6.46. The minimum Gasteiger partial charge on any atom is -0.481 e. The second-order valence-corrected chi connectivity index (χ2v) is 6.92. The van der Waals surface area contributed by atoms with E-state index in [2.05, 4.69) is 9.98 Å². The highest BCUT2D eigenvalue weighted by Crippen LogP contribution is 2.68. The number of fused-ring (bicyclic) bond motifs is 1. The summed E-state index contributed by atoms with van der Waals surface area (Å²) in [4.78, 5) is 8.54. The van der Waals surface area contributed by atoms with Crippen molar-refractivity contribution in [2.75, 3.05) is 12.8 Å². The largest absolute Gasteiger partial charge is 0.481 e. The van der Waals surface area contributed by atoms with Crippen LogP contribution in [0.2, 0.25) is 0 Å². The third-order valence-electron chi connectivity index (χ3n) is 4.25. The fourth-order valence-corrected chi connectivity index (χ4v) is 4.43. The maximum Gasteiger partial charge on any atom is 0.253 e. The van der Waals surface area contributed by atoms with Gasteiger partial charge in [-0.25, -0.2) is 13.8 Å². The van der Waals surface area contributed by atoms with Crippen molar-refractivity contribution in [3.8, 4) is 5.88 Å². The Morgan fingerprint density at radius 2 is 2.19 bits per heavy atom. The van der Waals surface area contributed by atoms with Gasteiger partial charge in [-0.2, -0.15) is 0 Å². The standard InChI is InChI=1S/C13H16F2N4OS/c1-12(7-3-6(16)5-18-9(7)20-2)8-4-13(8,10(14)15)21-11(17)19-12/h3,5,8,10H,4,16H2,1-2H3,(H2,17,19)/t8?,12-,13+/m1/s1. The number of thioether (sulfide) groups is 1. The Bertz CT molecular complexity index is 626. The number of ether oxygens (including phenoxy) is 1. The molecule has 1 aliphatic carbocycles. The highest BCUT2D eigenvalue weighted by atomic mass is 32.2. The number of methoxy groups -OCH3 is 1. The van der Waals surface area contributed by atoms with Crippen LogP contribution in [0.3, 0.4) is 0 Å². The smallest absolute Gasteiger partial charge is 0.253 e. The summed E-state index contributed by atoms with van der Waals surface area (Å²) in [5.74, 6) is 0.0185. The molecular formula is C13H16F2N4OS. The Morgan fingerprint density at radius 3 is 2.81 bits per heavy atom. The Kier molecular flexibility index (Phi) is 3.05. The summed E-state index contributed by atoms with van der Waals surface area (Å²) in [5, 5.41) is 0.163. The van der Waals surface area contributed by atoms with Crippen LogP contribution in [0.1, 0.15) is 18.9 Å². The highest BCUT2D eigenvalue weighted by Gasteiger charge is 2.71. The first-order valence-corrected chi connectivity index (χ1v) is 7.27. The zero-order chi connectivity index (χ0) is 15.4.